The van der Waals surface area contributed by atoms with Crippen LogP contribution in [0, 0.1) is 17.8 Å². The average molecular weight is 319 g/mol. The van der Waals surface area contributed by atoms with Gasteiger partial charge in [0.25, 0.3) is 0 Å². The van der Waals surface area contributed by atoms with Crippen molar-refractivity contribution in [1.82, 2.24) is 4.98 Å². The Morgan fingerprint density at radius 1 is 1.26 bits per heavy atom. The third-order valence-electron chi connectivity index (χ3n) is 4.48. The highest BCUT2D eigenvalue weighted by molar-refractivity contribution is 5.90. The van der Waals surface area contributed by atoms with Gasteiger partial charge in [-0.25, -0.2) is 9.59 Å². The number of aromatic nitrogens is 1. The van der Waals surface area contributed by atoms with Crippen LogP contribution in [0.2, 0.25) is 0 Å². The molecule has 1 aliphatic carbocycles. The second kappa shape index (κ2) is 8.09. The van der Waals surface area contributed by atoms with Crippen LogP contribution in [-0.2, 0) is 14.3 Å². The molecule has 0 N–H and O–H groups in total. The molecule has 1 fully saturated rings. The van der Waals surface area contributed by atoms with Crippen molar-refractivity contribution in [2.24, 2.45) is 17.8 Å². The molecule has 5 nitrogen and oxygen atoms in total. The largest absolute Gasteiger partial charge is 0.460 e. The van der Waals surface area contributed by atoms with E-state index in [4.69, 9.17) is 9.47 Å². The quantitative estimate of drug-likeness (QED) is 0.780. The van der Waals surface area contributed by atoms with Crippen LogP contribution in [0.15, 0.2) is 24.5 Å². The molecule has 0 saturated heterocycles. The highest BCUT2D eigenvalue weighted by Gasteiger charge is 2.33. The van der Waals surface area contributed by atoms with E-state index in [0.717, 1.165) is 12.8 Å². The summed E-state index contributed by atoms with van der Waals surface area (Å²) in [6.07, 6.45) is 6.07. The van der Waals surface area contributed by atoms with Gasteiger partial charge < -0.3 is 9.47 Å². The van der Waals surface area contributed by atoms with Gasteiger partial charge in [0, 0.05) is 12.4 Å². The van der Waals surface area contributed by atoms with Gasteiger partial charge in [-0.05, 0) is 42.7 Å². The van der Waals surface area contributed by atoms with E-state index in [1.54, 1.807) is 12.1 Å². The number of rotatable bonds is 5. The van der Waals surface area contributed by atoms with Crippen molar-refractivity contribution < 1.29 is 19.1 Å². The van der Waals surface area contributed by atoms with Gasteiger partial charge >= 0.3 is 11.9 Å². The molecule has 3 atom stereocenters. The molecule has 1 aromatic rings. The van der Waals surface area contributed by atoms with Crippen molar-refractivity contribution in [3.05, 3.63) is 30.1 Å². The van der Waals surface area contributed by atoms with E-state index in [1.807, 2.05) is 0 Å². The molecule has 0 unspecified atom stereocenters. The van der Waals surface area contributed by atoms with Gasteiger partial charge in [-0.3, -0.25) is 4.98 Å². The maximum Gasteiger partial charge on any atom is 0.344 e. The second-order valence-electron chi connectivity index (χ2n) is 6.67. The predicted octanol–water partition coefficient (Wildman–Crippen LogP) is 3.24. The molecule has 1 aliphatic rings. The summed E-state index contributed by atoms with van der Waals surface area (Å²) in [5.41, 5.74) is 0.374. The molecule has 1 aromatic heterocycles. The standard InChI is InChI=1S/C18H25NO4/c1-12(2)15-5-4-13(3)10-16(15)23-17(20)11-22-18(21)14-6-8-19-9-7-14/h6-9,12-13,15-16H,4-5,10-11H2,1-3H3/t13-,15+,16+/m0/s1. The number of hydrogen-bond acceptors (Lipinski definition) is 5. The summed E-state index contributed by atoms with van der Waals surface area (Å²) >= 11 is 0. The van der Waals surface area contributed by atoms with Crippen LogP contribution in [0.1, 0.15) is 50.4 Å². The number of nitrogens with zero attached hydrogens (tertiary/aromatic N) is 1. The SMILES string of the molecule is CC(C)[C@H]1CC[C@H](C)C[C@H]1OC(=O)COC(=O)c1ccncc1. The fraction of sp³-hybridized carbons (Fsp3) is 0.611. The molecule has 1 heterocycles. The lowest BCUT2D eigenvalue weighted by Gasteiger charge is -2.36. The lowest BCUT2D eigenvalue weighted by molar-refractivity contribution is -0.159. The monoisotopic (exact) mass is 319 g/mol. The highest BCUT2D eigenvalue weighted by Crippen LogP contribution is 2.35. The Balaban J connectivity index is 1.84. The van der Waals surface area contributed by atoms with E-state index in [1.165, 1.54) is 18.8 Å². The zero-order valence-electron chi connectivity index (χ0n) is 14.0. The number of ether oxygens (including phenoxy) is 2. The van der Waals surface area contributed by atoms with Crippen LogP contribution in [0.25, 0.3) is 0 Å². The Morgan fingerprint density at radius 3 is 2.61 bits per heavy atom. The minimum Gasteiger partial charge on any atom is -0.460 e. The Labute approximate surface area is 137 Å². The number of esters is 2. The lowest BCUT2D eigenvalue weighted by Crippen LogP contribution is -2.36. The van der Waals surface area contributed by atoms with Crippen LogP contribution in [0.4, 0.5) is 0 Å². The van der Waals surface area contributed by atoms with Gasteiger partial charge in [-0.2, -0.15) is 0 Å². The van der Waals surface area contributed by atoms with Crippen LogP contribution >= 0.6 is 0 Å². The maximum absolute atomic E-state index is 12.0. The Bertz CT molecular complexity index is 529. The van der Waals surface area contributed by atoms with Crippen LogP contribution in [0.5, 0.6) is 0 Å². The molecular formula is C18H25NO4. The second-order valence-corrected chi connectivity index (χ2v) is 6.67. The first-order chi connectivity index (χ1) is 11.0. The number of hydrogen-bond donors (Lipinski definition) is 0. The Kier molecular flexibility index (Phi) is 6.13. The summed E-state index contributed by atoms with van der Waals surface area (Å²) < 4.78 is 10.6. The van der Waals surface area contributed by atoms with Gasteiger partial charge in [0.05, 0.1) is 5.56 Å². The molecule has 23 heavy (non-hydrogen) atoms. The van der Waals surface area contributed by atoms with Crippen molar-refractivity contribution >= 4 is 11.9 Å². The van der Waals surface area contributed by atoms with Crippen LogP contribution in [0.3, 0.4) is 0 Å². The molecule has 0 spiro atoms. The van der Waals surface area contributed by atoms with Crippen molar-refractivity contribution in [1.29, 1.82) is 0 Å². The van der Waals surface area contributed by atoms with E-state index in [2.05, 4.69) is 25.8 Å². The predicted molar refractivity (Wildman–Crippen MR) is 85.7 cm³/mol. The molecule has 0 radical (unpaired) electrons. The van der Waals surface area contributed by atoms with Crippen LogP contribution < -0.4 is 0 Å². The molecule has 2 rings (SSSR count). The number of carbonyl (C=O) groups is 2. The zero-order chi connectivity index (χ0) is 16.8. The summed E-state index contributed by atoms with van der Waals surface area (Å²) in [6, 6.07) is 3.09. The van der Waals surface area contributed by atoms with E-state index in [9.17, 15) is 9.59 Å². The smallest absolute Gasteiger partial charge is 0.344 e. The molecule has 0 aliphatic heterocycles. The number of pyridine rings is 1. The minimum absolute atomic E-state index is 0.0779. The molecule has 0 amide bonds. The summed E-state index contributed by atoms with van der Waals surface area (Å²) in [4.78, 5) is 27.7. The summed E-state index contributed by atoms with van der Waals surface area (Å²) in [6.45, 7) is 6.15. The molecule has 0 bridgehead atoms. The Morgan fingerprint density at radius 2 is 1.96 bits per heavy atom. The van der Waals surface area contributed by atoms with Crippen molar-refractivity contribution in [2.75, 3.05) is 6.61 Å². The summed E-state index contributed by atoms with van der Waals surface area (Å²) in [5.74, 6) is 0.395. The fourth-order valence-electron chi connectivity index (χ4n) is 3.15. The minimum atomic E-state index is -0.540. The van der Waals surface area contributed by atoms with E-state index < -0.39 is 11.9 Å². The zero-order valence-corrected chi connectivity index (χ0v) is 14.0. The van der Waals surface area contributed by atoms with Crippen molar-refractivity contribution in [3.8, 4) is 0 Å². The van der Waals surface area contributed by atoms with Gasteiger partial charge in [0.1, 0.15) is 6.10 Å². The molecule has 0 aromatic carbocycles. The van der Waals surface area contributed by atoms with E-state index >= 15 is 0 Å². The Hall–Kier alpha value is -1.91. The number of carbonyl (C=O) groups excluding carboxylic acids is 2. The molecule has 1 saturated carbocycles. The third kappa shape index (κ3) is 5.05. The topological polar surface area (TPSA) is 65.5 Å². The van der Waals surface area contributed by atoms with Crippen molar-refractivity contribution in [3.63, 3.8) is 0 Å². The average Bonchev–Trinajstić information content (AvgIpc) is 2.53. The summed E-state index contributed by atoms with van der Waals surface area (Å²) in [5, 5.41) is 0. The van der Waals surface area contributed by atoms with Gasteiger partial charge in [-0.15, -0.1) is 0 Å². The molecular weight excluding hydrogens is 294 g/mol. The van der Waals surface area contributed by atoms with Crippen LogP contribution in [-0.4, -0.2) is 29.6 Å². The summed E-state index contributed by atoms with van der Waals surface area (Å²) in [7, 11) is 0. The first-order valence-electron chi connectivity index (χ1n) is 8.24. The molecule has 126 valence electrons. The molecule has 5 heteroatoms. The first kappa shape index (κ1) is 17.4. The fourth-order valence-corrected chi connectivity index (χ4v) is 3.15. The lowest BCUT2D eigenvalue weighted by atomic mass is 9.75. The van der Waals surface area contributed by atoms with E-state index in [-0.39, 0.29) is 12.7 Å². The van der Waals surface area contributed by atoms with E-state index in [0.29, 0.717) is 23.3 Å². The highest BCUT2D eigenvalue weighted by atomic mass is 16.6. The maximum atomic E-state index is 12.0. The normalized spacial score (nSPS) is 24.3. The van der Waals surface area contributed by atoms with Crippen molar-refractivity contribution in [2.45, 2.75) is 46.1 Å². The third-order valence-corrected chi connectivity index (χ3v) is 4.48. The first-order valence-corrected chi connectivity index (χ1v) is 8.24. The van der Waals surface area contributed by atoms with Gasteiger partial charge in [0.2, 0.25) is 0 Å². The van der Waals surface area contributed by atoms with Gasteiger partial charge in [-0.1, -0.05) is 27.2 Å². The van der Waals surface area contributed by atoms with Gasteiger partial charge in [0.15, 0.2) is 6.61 Å².